The van der Waals surface area contributed by atoms with E-state index < -0.39 is 14.9 Å². The number of aromatic nitrogens is 2. The topological polar surface area (TPSA) is 123 Å². The van der Waals surface area contributed by atoms with Gasteiger partial charge < -0.3 is 19.5 Å². The Bertz CT molecular complexity index is 1130. The van der Waals surface area contributed by atoms with Gasteiger partial charge in [0.2, 0.25) is 10.0 Å². The van der Waals surface area contributed by atoms with E-state index in [1.54, 1.807) is 6.33 Å². The first-order valence-electron chi connectivity index (χ1n) is 11.0. The van der Waals surface area contributed by atoms with E-state index in [1.807, 2.05) is 24.9 Å². The predicted octanol–water partition coefficient (Wildman–Crippen LogP) is 1.56. The van der Waals surface area contributed by atoms with Crippen molar-refractivity contribution in [3.63, 3.8) is 0 Å². The monoisotopic (exact) mass is 478 g/mol. The molecule has 2 aliphatic heterocycles. The van der Waals surface area contributed by atoms with Gasteiger partial charge in [-0.15, -0.1) is 0 Å². The van der Waals surface area contributed by atoms with Crippen molar-refractivity contribution in [3.8, 4) is 0 Å². The Labute approximate surface area is 193 Å². The molecule has 4 rings (SSSR count). The molecule has 0 radical (unpaired) electrons. The number of likely N-dealkylation sites (N-methyl/N-ethyl adjacent to an activating group) is 1. The van der Waals surface area contributed by atoms with Crippen LogP contribution in [0.5, 0.6) is 0 Å². The summed E-state index contributed by atoms with van der Waals surface area (Å²) in [7, 11) is 0.0583. The van der Waals surface area contributed by atoms with E-state index in [4.69, 9.17) is 4.74 Å². The van der Waals surface area contributed by atoms with Gasteiger partial charge >= 0.3 is 0 Å². The van der Waals surface area contributed by atoms with E-state index in [0.717, 1.165) is 12.2 Å². The predicted molar refractivity (Wildman–Crippen MR) is 123 cm³/mol. The first-order valence-corrected chi connectivity index (χ1v) is 12.4. The molecule has 1 N–H and O–H groups in total. The highest BCUT2D eigenvalue weighted by Gasteiger charge is 2.36. The summed E-state index contributed by atoms with van der Waals surface area (Å²) in [5.41, 5.74) is 1.29. The third kappa shape index (κ3) is 4.60. The lowest BCUT2D eigenvalue weighted by atomic mass is 9.99. The van der Waals surface area contributed by atoms with Gasteiger partial charge in [0.1, 0.15) is 5.69 Å². The molecule has 33 heavy (non-hydrogen) atoms. The summed E-state index contributed by atoms with van der Waals surface area (Å²) in [6, 6.07) is 2.91. The van der Waals surface area contributed by atoms with E-state index in [1.165, 1.54) is 23.4 Å². The maximum atomic E-state index is 13.3. The molecule has 12 heteroatoms. The van der Waals surface area contributed by atoms with Gasteiger partial charge in [0.15, 0.2) is 0 Å². The summed E-state index contributed by atoms with van der Waals surface area (Å²) in [4.78, 5) is 17.9. The molecule has 3 heterocycles. The molecular formula is C21H30N6O5S. The van der Waals surface area contributed by atoms with Gasteiger partial charge in [0.05, 0.1) is 22.8 Å². The van der Waals surface area contributed by atoms with Gasteiger partial charge in [-0.25, -0.2) is 13.4 Å². The Hall–Kier alpha value is -2.54. The molecule has 11 nitrogen and oxygen atoms in total. The van der Waals surface area contributed by atoms with Crippen molar-refractivity contribution in [1.29, 1.82) is 0 Å². The molecule has 2 saturated heterocycles. The van der Waals surface area contributed by atoms with Gasteiger partial charge in [-0.3, -0.25) is 10.1 Å². The fraction of sp³-hybridized carbons (Fsp3) is 0.571. The number of imidazole rings is 1. The van der Waals surface area contributed by atoms with Crippen LogP contribution in [0.4, 0.5) is 11.4 Å². The minimum atomic E-state index is -3.88. The number of hydrogen-bond acceptors (Lipinski definition) is 8. The average molecular weight is 479 g/mol. The molecule has 0 bridgehead atoms. The summed E-state index contributed by atoms with van der Waals surface area (Å²) in [6.45, 7) is 4.36. The lowest BCUT2D eigenvalue weighted by molar-refractivity contribution is -0.384. The molecule has 1 aromatic carbocycles. The highest BCUT2D eigenvalue weighted by Crippen LogP contribution is 2.37. The summed E-state index contributed by atoms with van der Waals surface area (Å²) in [6.07, 6.45) is 4.15. The van der Waals surface area contributed by atoms with Crippen LogP contribution in [0.2, 0.25) is 0 Å². The third-order valence-electron chi connectivity index (χ3n) is 6.44. The molecule has 2 aliphatic rings. The van der Waals surface area contributed by atoms with Gasteiger partial charge in [-0.2, -0.15) is 4.31 Å². The number of ether oxygens (including phenoxy) is 1. The fourth-order valence-electron chi connectivity index (χ4n) is 4.79. The van der Waals surface area contributed by atoms with Crippen LogP contribution in [0, 0.1) is 17.0 Å². The van der Waals surface area contributed by atoms with Crippen LogP contribution in [0.1, 0.15) is 23.6 Å². The molecule has 2 fully saturated rings. The number of anilines is 1. The first-order chi connectivity index (χ1) is 15.7. The second kappa shape index (κ2) is 9.37. The van der Waals surface area contributed by atoms with Crippen LogP contribution in [0.15, 0.2) is 29.6 Å². The van der Waals surface area contributed by atoms with Crippen molar-refractivity contribution in [2.24, 2.45) is 7.05 Å². The number of aryl methyl sites for hydroxylation is 1. The van der Waals surface area contributed by atoms with Crippen molar-refractivity contribution in [3.05, 3.63) is 46.0 Å². The Kier molecular flexibility index (Phi) is 6.71. The number of hydrogen-bond donors (Lipinski definition) is 1. The molecule has 0 unspecified atom stereocenters. The standard InChI is InChI=1S/C21H30N6O5S/c1-15-20(33(30,31)26-7-4-9-32-10-8-26)6-5-17(21(15)27(28)29)23-18-13-24(2)12-16(18)19-11-22-14-25(19)3/h5-6,11,14,16,18,23H,4,7-10,12-13H2,1-3H3/t16-,18-/m1/s1. The number of sulfonamides is 1. The van der Waals surface area contributed by atoms with E-state index >= 15 is 0 Å². The van der Waals surface area contributed by atoms with Gasteiger partial charge in [0, 0.05) is 69.2 Å². The molecule has 0 spiro atoms. The molecule has 2 aromatic rings. The maximum absolute atomic E-state index is 13.3. The zero-order valence-corrected chi connectivity index (χ0v) is 19.9. The maximum Gasteiger partial charge on any atom is 0.296 e. The highest BCUT2D eigenvalue weighted by molar-refractivity contribution is 7.89. The molecule has 2 atom stereocenters. The van der Waals surface area contributed by atoms with Crippen LogP contribution in [-0.4, -0.2) is 84.6 Å². The van der Waals surface area contributed by atoms with Crippen molar-refractivity contribution < 1.29 is 18.1 Å². The SMILES string of the molecule is Cc1c(S(=O)(=O)N2CCCOCC2)ccc(N[C@@H]2CN(C)C[C@H]2c2cncn2C)c1[N+](=O)[O-]. The number of nitrogens with zero attached hydrogens (tertiary/aromatic N) is 5. The second-order valence-corrected chi connectivity index (χ2v) is 10.6. The average Bonchev–Trinajstić information content (AvgIpc) is 3.20. The molecule has 0 amide bonds. The zero-order chi connectivity index (χ0) is 23.8. The van der Waals surface area contributed by atoms with Crippen molar-refractivity contribution in [2.45, 2.75) is 30.2 Å². The summed E-state index contributed by atoms with van der Waals surface area (Å²) < 4.78 is 35.3. The number of nitro groups is 1. The van der Waals surface area contributed by atoms with Crippen LogP contribution >= 0.6 is 0 Å². The Morgan fingerprint density at radius 1 is 1.21 bits per heavy atom. The van der Waals surface area contributed by atoms with E-state index in [2.05, 4.69) is 15.2 Å². The van der Waals surface area contributed by atoms with Crippen molar-refractivity contribution >= 4 is 21.4 Å². The second-order valence-electron chi connectivity index (χ2n) is 8.72. The molecule has 0 saturated carbocycles. The Balaban J connectivity index is 1.68. The summed E-state index contributed by atoms with van der Waals surface area (Å²) in [5, 5.41) is 15.4. The van der Waals surface area contributed by atoms with E-state index in [9.17, 15) is 18.5 Å². The largest absolute Gasteiger partial charge is 0.380 e. The van der Waals surface area contributed by atoms with Gasteiger partial charge in [0.25, 0.3) is 5.69 Å². The zero-order valence-electron chi connectivity index (χ0n) is 19.1. The lowest BCUT2D eigenvalue weighted by Gasteiger charge is -2.23. The smallest absolute Gasteiger partial charge is 0.296 e. The van der Waals surface area contributed by atoms with Crippen LogP contribution in [0.3, 0.4) is 0 Å². The number of likely N-dealkylation sites (tertiary alicyclic amines) is 1. The number of benzene rings is 1. The number of rotatable bonds is 6. The third-order valence-corrected chi connectivity index (χ3v) is 8.48. The van der Waals surface area contributed by atoms with Crippen LogP contribution in [0.25, 0.3) is 0 Å². The van der Waals surface area contributed by atoms with E-state index in [0.29, 0.717) is 38.4 Å². The molecular weight excluding hydrogens is 448 g/mol. The van der Waals surface area contributed by atoms with Gasteiger partial charge in [-0.05, 0) is 32.5 Å². The van der Waals surface area contributed by atoms with E-state index in [-0.39, 0.29) is 34.7 Å². The minimum Gasteiger partial charge on any atom is -0.380 e. The summed E-state index contributed by atoms with van der Waals surface area (Å²) in [5.74, 6) is 0.0860. The van der Waals surface area contributed by atoms with Crippen LogP contribution < -0.4 is 5.32 Å². The number of nitrogens with one attached hydrogen (secondary N) is 1. The fourth-order valence-corrected chi connectivity index (χ4v) is 6.47. The highest BCUT2D eigenvalue weighted by atomic mass is 32.2. The van der Waals surface area contributed by atoms with Crippen LogP contribution in [-0.2, 0) is 21.8 Å². The van der Waals surface area contributed by atoms with Crippen molar-refractivity contribution in [1.82, 2.24) is 18.8 Å². The van der Waals surface area contributed by atoms with Gasteiger partial charge in [-0.1, -0.05) is 0 Å². The first kappa shape index (κ1) is 23.6. The Morgan fingerprint density at radius 3 is 2.70 bits per heavy atom. The summed E-state index contributed by atoms with van der Waals surface area (Å²) >= 11 is 0. The molecule has 1 aromatic heterocycles. The quantitative estimate of drug-likeness (QED) is 0.490. The Morgan fingerprint density at radius 2 is 2.00 bits per heavy atom. The molecule has 180 valence electrons. The minimum absolute atomic E-state index is 0.0339. The number of nitro benzene ring substituents is 1. The van der Waals surface area contributed by atoms with Crippen molar-refractivity contribution in [2.75, 3.05) is 51.8 Å². The molecule has 0 aliphatic carbocycles. The normalized spacial score (nSPS) is 22.9. The lowest BCUT2D eigenvalue weighted by Crippen LogP contribution is -2.34.